The number of halogens is 1. The van der Waals surface area contributed by atoms with Crippen molar-refractivity contribution in [2.75, 3.05) is 6.54 Å². The maximum Gasteiger partial charge on any atom is 0.123 e. The van der Waals surface area contributed by atoms with Crippen LogP contribution in [0.1, 0.15) is 31.1 Å². The lowest BCUT2D eigenvalue weighted by Gasteiger charge is -2.13. The van der Waals surface area contributed by atoms with Crippen LogP contribution in [0.15, 0.2) is 48.5 Å². The van der Waals surface area contributed by atoms with E-state index in [1.807, 2.05) is 38.1 Å². The molecule has 0 heterocycles. The summed E-state index contributed by atoms with van der Waals surface area (Å²) in [6.07, 6.45) is -0.515. The summed E-state index contributed by atoms with van der Waals surface area (Å²) in [5, 5.41) is 13.2. The van der Waals surface area contributed by atoms with E-state index in [-0.39, 0.29) is 11.9 Å². The highest BCUT2D eigenvalue weighted by Crippen LogP contribution is 2.16. The monoisotopic (exact) mass is 303 g/mol. The van der Waals surface area contributed by atoms with E-state index in [1.165, 1.54) is 12.1 Å². The lowest BCUT2D eigenvalue weighted by atomic mass is 10.1. The summed E-state index contributed by atoms with van der Waals surface area (Å²) in [6, 6.07) is 13.8. The maximum absolute atomic E-state index is 12.8. The van der Waals surface area contributed by atoms with E-state index in [4.69, 9.17) is 4.74 Å². The predicted octanol–water partition coefficient (Wildman–Crippen LogP) is 3.44. The van der Waals surface area contributed by atoms with Crippen LogP contribution in [0, 0.1) is 5.82 Å². The lowest BCUT2D eigenvalue weighted by molar-refractivity contribution is 0.174. The Bertz CT molecular complexity index is 584. The van der Waals surface area contributed by atoms with Gasteiger partial charge in [0.1, 0.15) is 11.6 Å². The zero-order valence-electron chi connectivity index (χ0n) is 12.9. The number of rotatable bonds is 7. The molecule has 4 heteroatoms. The molecule has 2 N–H and O–H groups in total. The van der Waals surface area contributed by atoms with Gasteiger partial charge in [0, 0.05) is 13.1 Å². The molecule has 1 atom stereocenters. The Morgan fingerprint density at radius 1 is 1.14 bits per heavy atom. The molecule has 2 aromatic rings. The summed E-state index contributed by atoms with van der Waals surface area (Å²) in [5.74, 6) is 0.541. The maximum atomic E-state index is 12.8. The van der Waals surface area contributed by atoms with Crippen molar-refractivity contribution >= 4 is 0 Å². The molecule has 2 rings (SSSR count). The molecule has 1 unspecified atom stereocenters. The van der Waals surface area contributed by atoms with Crippen LogP contribution >= 0.6 is 0 Å². The SMILES string of the molecule is CC(C)Oc1cccc(CNCC(O)c2ccc(F)cc2)c1. The largest absolute Gasteiger partial charge is 0.491 e. The van der Waals surface area contributed by atoms with Gasteiger partial charge in [-0.15, -0.1) is 0 Å². The summed E-state index contributed by atoms with van der Waals surface area (Å²) in [6.45, 7) is 5.02. The average molecular weight is 303 g/mol. The van der Waals surface area contributed by atoms with Crippen molar-refractivity contribution in [3.05, 3.63) is 65.5 Å². The molecule has 0 aliphatic carbocycles. The van der Waals surface area contributed by atoms with Crippen LogP contribution in [-0.4, -0.2) is 17.8 Å². The summed E-state index contributed by atoms with van der Waals surface area (Å²) in [4.78, 5) is 0. The number of aliphatic hydroxyl groups excluding tert-OH is 1. The van der Waals surface area contributed by atoms with E-state index >= 15 is 0 Å². The minimum Gasteiger partial charge on any atom is -0.491 e. The Balaban J connectivity index is 1.84. The molecule has 118 valence electrons. The normalized spacial score (nSPS) is 12.4. The minimum absolute atomic E-state index is 0.142. The first kappa shape index (κ1) is 16.5. The fourth-order valence-corrected chi connectivity index (χ4v) is 2.16. The van der Waals surface area contributed by atoms with Gasteiger partial charge >= 0.3 is 0 Å². The zero-order valence-corrected chi connectivity index (χ0v) is 12.9. The van der Waals surface area contributed by atoms with Gasteiger partial charge < -0.3 is 15.2 Å². The predicted molar refractivity (Wildman–Crippen MR) is 85.3 cm³/mol. The Labute approximate surface area is 130 Å². The average Bonchev–Trinajstić information content (AvgIpc) is 2.47. The molecule has 0 amide bonds. The van der Waals surface area contributed by atoms with Crippen LogP contribution in [-0.2, 0) is 6.54 Å². The topological polar surface area (TPSA) is 41.5 Å². The van der Waals surface area contributed by atoms with Crippen molar-refractivity contribution in [2.24, 2.45) is 0 Å². The van der Waals surface area contributed by atoms with E-state index in [1.54, 1.807) is 12.1 Å². The van der Waals surface area contributed by atoms with E-state index < -0.39 is 6.10 Å². The van der Waals surface area contributed by atoms with Gasteiger partial charge in [0.2, 0.25) is 0 Å². The first-order chi connectivity index (χ1) is 10.5. The van der Waals surface area contributed by atoms with E-state index in [9.17, 15) is 9.50 Å². The fourth-order valence-electron chi connectivity index (χ4n) is 2.16. The molecule has 0 radical (unpaired) electrons. The first-order valence-electron chi connectivity index (χ1n) is 7.44. The number of hydrogen-bond acceptors (Lipinski definition) is 3. The van der Waals surface area contributed by atoms with Crippen LogP contribution in [0.25, 0.3) is 0 Å². The summed E-state index contributed by atoms with van der Waals surface area (Å²) >= 11 is 0. The highest BCUT2D eigenvalue weighted by atomic mass is 19.1. The van der Waals surface area contributed by atoms with Gasteiger partial charge in [-0.3, -0.25) is 0 Å². The Kier molecular flexibility index (Phi) is 5.92. The van der Waals surface area contributed by atoms with Crippen molar-refractivity contribution in [2.45, 2.75) is 32.6 Å². The molecule has 0 bridgehead atoms. The molecule has 22 heavy (non-hydrogen) atoms. The van der Waals surface area contributed by atoms with Crippen molar-refractivity contribution in [1.82, 2.24) is 5.32 Å². The highest BCUT2D eigenvalue weighted by Gasteiger charge is 2.07. The van der Waals surface area contributed by atoms with Crippen LogP contribution in [0.4, 0.5) is 4.39 Å². The van der Waals surface area contributed by atoms with Crippen molar-refractivity contribution in [3.8, 4) is 5.75 Å². The van der Waals surface area contributed by atoms with Gasteiger partial charge in [-0.2, -0.15) is 0 Å². The van der Waals surface area contributed by atoms with Crippen molar-refractivity contribution in [1.29, 1.82) is 0 Å². The lowest BCUT2D eigenvalue weighted by Crippen LogP contribution is -2.21. The molecule has 3 nitrogen and oxygen atoms in total. The van der Waals surface area contributed by atoms with Crippen molar-refractivity contribution < 1.29 is 14.2 Å². The zero-order chi connectivity index (χ0) is 15.9. The fraction of sp³-hybridized carbons (Fsp3) is 0.333. The van der Waals surface area contributed by atoms with Gasteiger partial charge in [0.05, 0.1) is 12.2 Å². The van der Waals surface area contributed by atoms with Gasteiger partial charge in [0.15, 0.2) is 0 Å². The summed E-state index contributed by atoms with van der Waals surface area (Å²) in [7, 11) is 0. The minimum atomic E-state index is -0.657. The van der Waals surface area contributed by atoms with E-state index in [2.05, 4.69) is 5.32 Å². The standard InChI is InChI=1S/C18H22FNO2/c1-13(2)22-17-5-3-4-14(10-17)11-20-12-18(21)15-6-8-16(19)9-7-15/h3-10,13,18,20-21H,11-12H2,1-2H3. The highest BCUT2D eigenvalue weighted by molar-refractivity contribution is 5.28. The molecule has 0 fully saturated rings. The Morgan fingerprint density at radius 3 is 2.55 bits per heavy atom. The smallest absolute Gasteiger partial charge is 0.123 e. The molecule has 0 spiro atoms. The molecule has 2 aromatic carbocycles. The number of nitrogens with one attached hydrogen (secondary N) is 1. The van der Waals surface area contributed by atoms with Gasteiger partial charge in [-0.25, -0.2) is 4.39 Å². The van der Waals surface area contributed by atoms with E-state index in [0.29, 0.717) is 18.7 Å². The summed E-state index contributed by atoms with van der Waals surface area (Å²) in [5.41, 5.74) is 1.79. The van der Waals surface area contributed by atoms with Crippen LogP contribution in [0.5, 0.6) is 5.75 Å². The number of aliphatic hydroxyl groups is 1. The van der Waals surface area contributed by atoms with Crippen LogP contribution in [0.2, 0.25) is 0 Å². The Morgan fingerprint density at radius 2 is 1.86 bits per heavy atom. The third kappa shape index (κ3) is 5.13. The van der Waals surface area contributed by atoms with Gasteiger partial charge in [-0.05, 0) is 49.2 Å². The number of benzene rings is 2. The second kappa shape index (κ2) is 7.92. The second-order valence-corrected chi connectivity index (χ2v) is 5.51. The second-order valence-electron chi connectivity index (χ2n) is 5.51. The molecule has 0 aromatic heterocycles. The molecular weight excluding hydrogens is 281 g/mol. The van der Waals surface area contributed by atoms with E-state index in [0.717, 1.165) is 11.3 Å². The summed E-state index contributed by atoms with van der Waals surface area (Å²) < 4.78 is 18.5. The van der Waals surface area contributed by atoms with Gasteiger partial charge in [0.25, 0.3) is 0 Å². The number of hydrogen-bond donors (Lipinski definition) is 2. The molecule has 0 saturated carbocycles. The molecular formula is C18H22FNO2. The first-order valence-corrected chi connectivity index (χ1v) is 7.44. The molecule has 0 saturated heterocycles. The van der Waals surface area contributed by atoms with Gasteiger partial charge in [-0.1, -0.05) is 24.3 Å². The Hall–Kier alpha value is -1.91. The van der Waals surface area contributed by atoms with Crippen molar-refractivity contribution in [3.63, 3.8) is 0 Å². The number of ether oxygens (including phenoxy) is 1. The van der Waals surface area contributed by atoms with Crippen LogP contribution < -0.4 is 10.1 Å². The quantitative estimate of drug-likeness (QED) is 0.823. The molecule has 0 aliphatic heterocycles. The third-order valence-corrected chi connectivity index (χ3v) is 3.19. The van der Waals surface area contributed by atoms with Crippen LogP contribution in [0.3, 0.4) is 0 Å². The third-order valence-electron chi connectivity index (χ3n) is 3.19. The molecule has 0 aliphatic rings.